The Labute approximate surface area is 131 Å². The quantitative estimate of drug-likeness (QED) is 0.756. The number of aromatic nitrogens is 1. The molecule has 1 aliphatic rings. The van der Waals surface area contributed by atoms with E-state index in [1.54, 1.807) is 23.2 Å². The Morgan fingerprint density at radius 3 is 2.45 bits per heavy atom. The summed E-state index contributed by atoms with van der Waals surface area (Å²) in [5, 5.41) is 0. The van der Waals surface area contributed by atoms with Crippen LogP contribution in [0.2, 0.25) is 0 Å². The highest BCUT2D eigenvalue weighted by molar-refractivity contribution is 7.90. The fraction of sp³-hybridized carbons (Fsp3) is 0.571. The first-order chi connectivity index (χ1) is 10.3. The van der Waals surface area contributed by atoms with Gasteiger partial charge in [-0.1, -0.05) is 0 Å². The molecule has 0 aromatic carbocycles. The summed E-state index contributed by atoms with van der Waals surface area (Å²) in [6, 6.07) is 3.19. The second-order valence-electron chi connectivity index (χ2n) is 5.70. The molecule has 1 aromatic rings. The summed E-state index contributed by atoms with van der Waals surface area (Å²) < 4.78 is 23.7. The molecule has 0 saturated carbocycles. The average Bonchev–Trinajstić information content (AvgIpc) is 2.46. The Bertz CT molecular complexity index is 637. The molecular formula is C14H22N4O3S. The number of anilines is 1. The number of hydrogen-bond donors (Lipinski definition) is 0. The first-order valence-corrected chi connectivity index (χ1v) is 9.00. The predicted molar refractivity (Wildman–Crippen MR) is 84.7 cm³/mol. The molecule has 1 aromatic heterocycles. The van der Waals surface area contributed by atoms with Crippen LogP contribution in [0.1, 0.15) is 0 Å². The van der Waals surface area contributed by atoms with Crippen LogP contribution >= 0.6 is 0 Å². The zero-order valence-corrected chi connectivity index (χ0v) is 14.0. The van der Waals surface area contributed by atoms with E-state index in [1.165, 1.54) is 6.26 Å². The van der Waals surface area contributed by atoms with E-state index >= 15 is 0 Å². The van der Waals surface area contributed by atoms with E-state index in [0.717, 1.165) is 0 Å². The molecule has 8 heteroatoms. The zero-order valence-electron chi connectivity index (χ0n) is 13.2. The van der Waals surface area contributed by atoms with Crippen molar-refractivity contribution in [1.82, 2.24) is 14.8 Å². The summed E-state index contributed by atoms with van der Waals surface area (Å²) in [7, 11) is 0.403. The number of piperazine rings is 1. The number of nitrogens with zero attached hydrogens (tertiary/aromatic N) is 4. The van der Waals surface area contributed by atoms with Crippen molar-refractivity contribution >= 4 is 21.6 Å². The van der Waals surface area contributed by atoms with Gasteiger partial charge in [0.05, 0.1) is 6.54 Å². The molecule has 1 saturated heterocycles. The number of carbonyl (C=O) groups excluding carboxylic acids is 1. The maximum atomic E-state index is 12.0. The molecule has 1 aliphatic heterocycles. The first kappa shape index (κ1) is 16.7. The fourth-order valence-electron chi connectivity index (χ4n) is 2.45. The highest BCUT2D eigenvalue weighted by atomic mass is 32.2. The summed E-state index contributed by atoms with van der Waals surface area (Å²) >= 11 is 0. The second kappa shape index (κ2) is 6.62. The molecule has 22 heavy (non-hydrogen) atoms. The predicted octanol–water partition coefficient (Wildman–Crippen LogP) is -0.305. The normalized spacial score (nSPS) is 16.2. The summed E-state index contributed by atoms with van der Waals surface area (Å²) in [4.78, 5) is 22.1. The molecule has 0 unspecified atom stereocenters. The molecule has 2 heterocycles. The van der Waals surface area contributed by atoms with Crippen LogP contribution in [0.15, 0.2) is 23.2 Å². The number of likely N-dealkylation sites (N-methyl/N-ethyl adjacent to an activating group) is 1. The van der Waals surface area contributed by atoms with Crippen molar-refractivity contribution in [2.45, 2.75) is 4.90 Å². The van der Waals surface area contributed by atoms with E-state index < -0.39 is 9.84 Å². The van der Waals surface area contributed by atoms with Crippen LogP contribution in [0, 0.1) is 0 Å². The number of pyridine rings is 1. The molecule has 2 rings (SSSR count). The molecule has 0 spiro atoms. The minimum atomic E-state index is -3.32. The number of amides is 1. The third-order valence-corrected chi connectivity index (χ3v) is 4.65. The lowest BCUT2D eigenvalue weighted by Gasteiger charge is -2.36. The van der Waals surface area contributed by atoms with E-state index in [-0.39, 0.29) is 10.8 Å². The highest BCUT2D eigenvalue weighted by Gasteiger charge is 2.25. The summed E-state index contributed by atoms with van der Waals surface area (Å²) in [6.07, 6.45) is 2.78. The lowest BCUT2D eigenvalue weighted by Crippen LogP contribution is -2.51. The van der Waals surface area contributed by atoms with Gasteiger partial charge < -0.3 is 14.7 Å². The van der Waals surface area contributed by atoms with Crippen molar-refractivity contribution in [1.29, 1.82) is 0 Å². The van der Waals surface area contributed by atoms with E-state index in [4.69, 9.17) is 0 Å². The van der Waals surface area contributed by atoms with Gasteiger partial charge >= 0.3 is 0 Å². The maximum Gasteiger partial charge on any atom is 0.236 e. The number of sulfone groups is 1. The average molecular weight is 326 g/mol. The summed E-state index contributed by atoms with van der Waals surface area (Å²) in [5.74, 6) is 0.568. The van der Waals surface area contributed by atoms with Gasteiger partial charge in [0.25, 0.3) is 0 Å². The van der Waals surface area contributed by atoms with Crippen molar-refractivity contribution in [2.24, 2.45) is 0 Å². The second-order valence-corrected chi connectivity index (χ2v) is 7.69. The van der Waals surface area contributed by atoms with Crippen LogP contribution in [0.25, 0.3) is 0 Å². The number of carbonyl (C=O) groups is 1. The van der Waals surface area contributed by atoms with Gasteiger partial charge in [0, 0.05) is 38.6 Å². The van der Waals surface area contributed by atoms with E-state index in [9.17, 15) is 13.2 Å². The first-order valence-electron chi connectivity index (χ1n) is 7.11. The van der Waals surface area contributed by atoms with Crippen molar-refractivity contribution in [3.63, 3.8) is 0 Å². The van der Waals surface area contributed by atoms with Gasteiger partial charge in [-0.2, -0.15) is 0 Å². The van der Waals surface area contributed by atoms with Gasteiger partial charge in [-0.25, -0.2) is 13.4 Å². The van der Waals surface area contributed by atoms with E-state index in [0.29, 0.717) is 38.5 Å². The number of hydrogen-bond acceptors (Lipinski definition) is 6. The van der Waals surface area contributed by atoms with Crippen molar-refractivity contribution in [3.8, 4) is 0 Å². The van der Waals surface area contributed by atoms with E-state index in [1.807, 2.05) is 23.9 Å². The molecule has 7 nitrogen and oxygen atoms in total. The Morgan fingerprint density at radius 2 is 1.91 bits per heavy atom. The van der Waals surface area contributed by atoms with Crippen LogP contribution < -0.4 is 4.90 Å². The van der Waals surface area contributed by atoms with Crippen LogP contribution in [0.5, 0.6) is 0 Å². The van der Waals surface area contributed by atoms with Crippen LogP contribution in [0.3, 0.4) is 0 Å². The Kier molecular flexibility index (Phi) is 5.02. The van der Waals surface area contributed by atoms with Crippen molar-refractivity contribution in [2.75, 3.05) is 58.0 Å². The molecule has 0 N–H and O–H groups in total. The molecule has 1 amide bonds. The molecule has 0 bridgehead atoms. The van der Waals surface area contributed by atoms with Gasteiger partial charge in [0.2, 0.25) is 5.91 Å². The van der Waals surface area contributed by atoms with Gasteiger partial charge in [0.1, 0.15) is 10.7 Å². The standard InChI is InChI=1S/C14H22N4O3S/c1-16(2)11-13(19)17-7-9-18(10-8-17)14-12(22(3,20)21)5-4-6-15-14/h4-6H,7-11H2,1-3H3. The van der Waals surface area contributed by atoms with Crippen LogP contribution in [-0.4, -0.2) is 82.2 Å². The minimum absolute atomic E-state index is 0.0917. The molecule has 0 radical (unpaired) electrons. The zero-order chi connectivity index (χ0) is 16.3. The Balaban J connectivity index is 2.08. The van der Waals surface area contributed by atoms with Gasteiger partial charge in [0.15, 0.2) is 9.84 Å². The maximum absolute atomic E-state index is 12.0. The Hall–Kier alpha value is -1.67. The third-order valence-electron chi connectivity index (χ3n) is 3.53. The lowest BCUT2D eigenvalue weighted by molar-refractivity contribution is -0.132. The summed E-state index contributed by atoms with van der Waals surface area (Å²) in [5.41, 5.74) is 0. The molecule has 0 atom stereocenters. The highest BCUT2D eigenvalue weighted by Crippen LogP contribution is 2.23. The minimum Gasteiger partial charge on any atom is -0.352 e. The monoisotopic (exact) mass is 326 g/mol. The van der Waals surface area contributed by atoms with Crippen LogP contribution in [-0.2, 0) is 14.6 Å². The smallest absolute Gasteiger partial charge is 0.236 e. The fourth-order valence-corrected chi connectivity index (χ4v) is 3.29. The third kappa shape index (κ3) is 3.95. The molecule has 122 valence electrons. The van der Waals surface area contributed by atoms with E-state index in [2.05, 4.69) is 4.98 Å². The Morgan fingerprint density at radius 1 is 1.27 bits per heavy atom. The van der Waals surface area contributed by atoms with Gasteiger partial charge in [-0.3, -0.25) is 4.79 Å². The van der Waals surface area contributed by atoms with Crippen LogP contribution in [0.4, 0.5) is 5.82 Å². The molecule has 1 fully saturated rings. The topological polar surface area (TPSA) is 73.8 Å². The largest absolute Gasteiger partial charge is 0.352 e. The van der Waals surface area contributed by atoms with Crippen molar-refractivity contribution in [3.05, 3.63) is 18.3 Å². The van der Waals surface area contributed by atoms with Gasteiger partial charge in [-0.05, 0) is 26.2 Å². The SMILES string of the molecule is CN(C)CC(=O)N1CCN(c2ncccc2S(C)(=O)=O)CC1. The van der Waals surface area contributed by atoms with Crippen molar-refractivity contribution < 1.29 is 13.2 Å². The molecule has 0 aliphatic carbocycles. The molecular weight excluding hydrogens is 304 g/mol. The van der Waals surface area contributed by atoms with Gasteiger partial charge in [-0.15, -0.1) is 0 Å². The summed E-state index contributed by atoms with van der Waals surface area (Å²) in [6.45, 7) is 2.70. The lowest BCUT2D eigenvalue weighted by atomic mass is 10.3. The number of rotatable bonds is 4.